The summed E-state index contributed by atoms with van der Waals surface area (Å²) in [7, 11) is 0. The highest BCUT2D eigenvalue weighted by atomic mass is 19.4. The zero-order valence-corrected chi connectivity index (χ0v) is 19.5. The molecule has 2 aliphatic rings. The van der Waals surface area contributed by atoms with E-state index in [-0.39, 0.29) is 18.5 Å². The Labute approximate surface area is 203 Å². The molecule has 11 heteroatoms. The number of alkyl halides is 6. The van der Waals surface area contributed by atoms with Crippen molar-refractivity contribution in [3.8, 4) is 0 Å². The molecule has 1 fully saturated rings. The van der Waals surface area contributed by atoms with Gasteiger partial charge in [-0.2, -0.15) is 26.3 Å². The van der Waals surface area contributed by atoms with Crippen molar-refractivity contribution in [3.05, 3.63) is 59.2 Å². The van der Waals surface area contributed by atoms with Gasteiger partial charge in [0.15, 0.2) is 0 Å². The van der Waals surface area contributed by atoms with Crippen molar-refractivity contribution < 1.29 is 35.9 Å². The van der Waals surface area contributed by atoms with Gasteiger partial charge in [0, 0.05) is 24.9 Å². The molecule has 2 aromatic carbocycles. The Morgan fingerprint density at radius 1 is 1.06 bits per heavy atom. The Balaban J connectivity index is 1.94. The first-order valence-electron chi connectivity index (χ1n) is 11.4. The molecule has 0 bridgehead atoms. The van der Waals surface area contributed by atoms with Crippen LogP contribution in [-0.2, 0) is 21.9 Å². The Hall–Kier alpha value is -3.37. The van der Waals surface area contributed by atoms with Gasteiger partial charge in [-0.1, -0.05) is 25.1 Å². The SMILES string of the molecule is CCCN1C(=O)C(N(C(C)=O)c2ccc(C(F)(F)F)cc2C(F)(F)F)N=C(C2CC2)c2ccccc21. The largest absolute Gasteiger partial charge is 0.418 e. The van der Waals surface area contributed by atoms with Gasteiger partial charge in [-0.25, -0.2) is 0 Å². The third-order valence-corrected chi connectivity index (χ3v) is 6.10. The van der Waals surface area contributed by atoms with Gasteiger partial charge in [-0.05, 0) is 43.5 Å². The van der Waals surface area contributed by atoms with E-state index >= 15 is 0 Å². The highest BCUT2D eigenvalue weighted by Gasteiger charge is 2.44. The van der Waals surface area contributed by atoms with Crippen molar-refractivity contribution in [3.63, 3.8) is 0 Å². The van der Waals surface area contributed by atoms with Crippen LogP contribution in [0, 0.1) is 5.92 Å². The molecule has 0 saturated heterocycles. The number of nitrogens with zero attached hydrogens (tertiary/aromatic N) is 3. The molecule has 1 unspecified atom stereocenters. The number of rotatable bonds is 5. The second-order valence-corrected chi connectivity index (χ2v) is 8.79. The van der Waals surface area contributed by atoms with E-state index in [1.165, 1.54) is 4.90 Å². The fourth-order valence-corrected chi connectivity index (χ4v) is 4.37. The van der Waals surface area contributed by atoms with Crippen molar-refractivity contribution in [2.75, 3.05) is 16.3 Å². The molecule has 1 atom stereocenters. The number of hydrogen-bond donors (Lipinski definition) is 0. The number of carbonyl (C=O) groups is 2. The monoisotopic (exact) mass is 511 g/mol. The van der Waals surface area contributed by atoms with Crippen LogP contribution in [0.5, 0.6) is 0 Å². The van der Waals surface area contributed by atoms with Crippen molar-refractivity contribution in [1.82, 2.24) is 0 Å². The van der Waals surface area contributed by atoms with Gasteiger partial charge < -0.3 is 4.90 Å². The topological polar surface area (TPSA) is 53.0 Å². The Kier molecular flexibility index (Phi) is 6.61. The summed E-state index contributed by atoms with van der Waals surface area (Å²) in [4.78, 5) is 33.0. The Bertz CT molecular complexity index is 1220. The van der Waals surface area contributed by atoms with Crippen LogP contribution in [0.3, 0.4) is 0 Å². The van der Waals surface area contributed by atoms with E-state index in [2.05, 4.69) is 4.99 Å². The van der Waals surface area contributed by atoms with Crippen LogP contribution < -0.4 is 9.80 Å². The molecule has 192 valence electrons. The van der Waals surface area contributed by atoms with Crippen molar-refractivity contribution >= 4 is 28.9 Å². The maximum absolute atomic E-state index is 14.0. The van der Waals surface area contributed by atoms with Gasteiger partial charge in [-0.15, -0.1) is 0 Å². The lowest BCUT2D eigenvalue weighted by atomic mass is 10.0. The standard InChI is InChI=1S/C25H23F6N3O2/c1-3-12-33-19-7-5-4-6-17(19)21(15-8-9-15)32-22(23(33)36)34(14(2)35)20-11-10-16(24(26,27)28)13-18(20)25(29,30)31/h4-7,10-11,13,15,22H,3,8-9,12H2,1-2H3. The summed E-state index contributed by atoms with van der Waals surface area (Å²) in [6, 6.07) is 7.95. The maximum atomic E-state index is 14.0. The van der Waals surface area contributed by atoms with Crippen LogP contribution >= 0.6 is 0 Å². The summed E-state index contributed by atoms with van der Waals surface area (Å²) in [6.07, 6.45) is -9.94. The quantitative estimate of drug-likeness (QED) is 0.459. The van der Waals surface area contributed by atoms with E-state index in [4.69, 9.17) is 0 Å². The second-order valence-electron chi connectivity index (χ2n) is 8.79. The minimum Gasteiger partial charge on any atom is -0.308 e. The highest BCUT2D eigenvalue weighted by Crippen LogP contribution is 2.43. The first-order chi connectivity index (χ1) is 16.8. The molecule has 2 amide bonds. The Morgan fingerprint density at radius 3 is 2.28 bits per heavy atom. The first kappa shape index (κ1) is 25.7. The molecule has 5 nitrogen and oxygen atoms in total. The van der Waals surface area contributed by atoms with Crippen LogP contribution in [-0.4, -0.2) is 30.2 Å². The fourth-order valence-electron chi connectivity index (χ4n) is 4.37. The number of para-hydroxylation sites is 1. The van der Waals surface area contributed by atoms with Crippen LogP contribution in [0.15, 0.2) is 47.5 Å². The average molecular weight is 511 g/mol. The molecule has 0 N–H and O–H groups in total. The summed E-state index contributed by atoms with van der Waals surface area (Å²) in [5.41, 5.74) is -2.37. The molecular formula is C25H23F6N3O2. The number of carbonyl (C=O) groups excluding carboxylic acids is 2. The zero-order chi connectivity index (χ0) is 26.4. The maximum Gasteiger partial charge on any atom is 0.418 e. The van der Waals surface area contributed by atoms with Crippen molar-refractivity contribution in [1.29, 1.82) is 0 Å². The first-order valence-corrected chi connectivity index (χ1v) is 11.4. The van der Waals surface area contributed by atoms with Gasteiger partial charge in [-0.3, -0.25) is 19.5 Å². The molecule has 36 heavy (non-hydrogen) atoms. The molecule has 0 spiro atoms. The van der Waals surface area contributed by atoms with Crippen molar-refractivity contribution in [2.45, 2.75) is 51.6 Å². The van der Waals surface area contributed by atoms with Crippen LogP contribution in [0.1, 0.15) is 49.8 Å². The van der Waals surface area contributed by atoms with E-state index in [0.717, 1.165) is 19.8 Å². The van der Waals surface area contributed by atoms with Gasteiger partial charge in [0.2, 0.25) is 12.1 Å². The lowest BCUT2D eigenvalue weighted by Crippen LogP contribution is -2.50. The van der Waals surface area contributed by atoms with Gasteiger partial charge >= 0.3 is 12.4 Å². The summed E-state index contributed by atoms with van der Waals surface area (Å²) in [6.45, 7) is 2.99. The van der Waals surface area contributed by atoms with E-state index in [0.29, 0.717) is 40.4 Å². The third kappa shape index (κ3) is 4.83. The minimum absolute atomic E-state index is 0.0356. The third-order valence-electron chi connectivity index (χ3n) is 6.10. The van der Waals surface area contributed by atoms with E-state index in [9.17, 15) is 35.9 Å². The number of hydrogen-bond acceptors (Lipinski definition) is 3. The zero-order valence-electron chi connectivity index (χ0n) is 19.5. The molecule has 0 aromatic heterocycles. The summed E-state index contributed by atoms with van der Waals surface area (Å²) in [5.74, 6) is -1.73. The lowest BCUT2D eigenvalue weighted by molar-refractivity contribution is -0.142. The lowest BCUT2D eigenvalue weighted by Gasteiger charge is -2.32. The number of benzodiazepines with no additional fused rings is 1. The normalized spacial score (nSPS) is 18.4. The number of fused-ring (bicyclic) bond motifs is 1. The van der Waals surface area contributed by atoms with Gasteiger partial charge in [0.25, 0.3) is 5.91 Å². The van der Waals surface area contributed by atoms with Crippen LogP contribution in [0.2, 0.25) is 0 Å². The van der Waals surface area contributed by atoms with Crippen LogP contribution in [0.4, 0.5) is 37.7 Å². The number of halogens is 6. The average Bonchev–Trinajstić information content (AvgIpc) is 3.63. The van der Waals surface area contributed by atoms with Gasteiger partial charge in [0.05, 0.1) is 28.2 Å². The molecule has 1 heterocycles. The summed E-state index contributed by atoms with van der Waals surface area (Å²) >= 11 is 0. The highest BCUT2D eigenvalue weighted by molar-refractivity contribution is 6.16. The Morgan fingerprint density at radius 2 is 1.72 bits per heavy atom. The summed E-state index contributed by atoms with van der Waals surface area (Å²) < 4.78 is 81.6. The molecule has 1 aliphatic carbocycles. The molecule has 1 saturated carbocycles. The molecular weight excluding hydrogens is 488 g/mol. The fraction of sp³-hybridized carbons (Fsp3) is 0.400. The van der Waals surface area contributed by atoms with Gasteiger partial charge in [0.1, 0.15) is 0 Å². The molecule has 2 aromatic rings. The molecule has 1 aliphatic heterocycles. The summed E-state index contributed by atoms with van der Waals surface area (Å²) in [5, 5.41) is 0. The number of benzene rings is 2. The number of amides is 2. The molecule has 0 radical (unpaired) electrons. The second kappa shape index (κ2) is 9.25. The van der Waals surface area contributed by atoms with E-state index in [1.54, 1.807) is 24.3 Å². The smallest absolute Gasteiger partial charge is 0.308 e. The predicted molar refractivity (Wildman–Crippen MR) is 122 cm³/mol. The predicted octanol–water partition coefficient (Wildman–Crippen LogP) is 6.06. The molecule has 4 rings (SSSR count). The number of anilines is 2. The number of aliphatic imine (C=N–C) groups is 1. The van der Waals surface area contributed by atoms with Crippen LogP contribution in [0.25, 0.3) is 0 Å². The van der Waals surface area contributed by atoms with E-state index in [1.807, 2.05) is 6.92 Å². The minimum atomic E-state index is -5.23. The van der Waals surface area contributed by atoms with E-state index < -0.39 is 47.1 Å². The van der Waals surface area contributed by atoms with Crippen molar-refractivity contribution in [2.24, 2.45) is 10.9 Å².